The van der Waals surface area contributed by atoms with Crippen molar-refractivity contribution >= 4 is 25.7 Å². The van der Waals surface area contributed by atoms with Gasteiger partial charge in [0.25, 0.3) is 0 Å². The Labute approximate surface area is 125 Å². The minimum atomic E-state index is -3.45. The predicted molar refractivity (Wildman–Crippen MR) is 81.1 cm³/mol. The molecule has 1 saturated carbocycles. The Balaban J connectivity index is 1.92. The average Bonchev–Trinajstić information content (AvgIpc) is 3.22. The molecule has 2 rings (SSSR count). The van der Waals surface area contributed by atoms with Crippen LogP contribution in [0, 0.1) is 0 Å². The molecule has 1 aliphatic carbocycles. The van der Waals surface area contributed by atoms with Crippen LogP contribution in [0.5, 0.6) is 0 Å². The van der Waals surface area contributed by atoms with E-state index in [2.05, 4.69) is 14.8 Å². The van der Waals surface area contributed by atoms with Crippen LogP contribution in [-0.4, -0.2) is 42.2 Å². The fourth-order valence-electron chi connectivity index (χ4n) is 1.67. The van der Waals surface area contributed by atoms with Gasteiger partial charge in [0.1, 0.15) is 0 Å². The van der Waals surface area contributed by atoms with Gasteiger partial charge in [0.15, 0.2) is 0 Å². The molecule has 7 nitrogen and oxygen atoms in total. The molecule has 3 N–H and O–H groups in total. The maximum absolute atomic E-state index is 12.0. The molecule has 0 heterocycles. The minimum absolute atomic E-state index is 0.0488. The molecule has 0 atom stereocenters. The van der Waals surface area contributed by atoms with Crippen molar-refractivity contribution in [3.8, 4) is 0 Å². The van der Waals surface area contributed by atoms with Crippen LogP contribution in [0.2, 0.25) is 0 Å². The number of benzene rings is 1. The third-order valence-electron chi connectivity index (χ3n) is 3.07. The van der Waals surface area contributed by atoms with Crippen LogP contribution in [0.15, 0.2) is 29.2 Å². The lowest BCUT2D eigenvalue weighted by molar-refractivity contribution is 0.581. The highest BCUT2D eigenvalue weighted by Gasteiger charge is 2.27. The molecule has 0 radical (unpaired) electrons. The number of rotatable bonds is 8. The maximum atomic E-state index is 12.0. The fraction of sp³-hybridized carbons (Fsp3) is 0.500. The smallest absolute Gasteiger partial charge is 0.240 e. The maximum Gasteiger partial charge on any atom is 0.240 e. The van der Waals surface area contributed by atoms with E-state index in [1.54, 1.807) is 12.1 Å². The van der Waals surface area contributed by atoms with Gasteiger partial charge in [0.05, 0.1) is 10.6 Å². The summed E-state index contributed by atoms with van der Waals surface area (Å²) in [5.41, 5.74) is 0.673. The minimum Gasteiger partial charge on any atom is -0.384 e. The van der Waals surface area contributed by atoms with Gasteiger partial charge in [0.2, 0.25) is 20.0 Å². The third-order valence-corrected chi connectivity index (χ3v) is 5.97. The Morgan fingerprint density at radius 3 is 2.24 bits per heavy atom. The molecular formula is C12H19N3O4S2. The van der Waals surface area contributed by atoms with E-state index in [9.17, 15) is 16.8 Å². The molecule has 0 unspecified atom stereocenters. The Kier molecular flexibility index (Phi) is 4.87. The standard InChI is InChI=1S/C12H19N3O4S2/c1-13-20(16,17)9-8-14-10-4-6-12(7-5-10)21(18,19)15-11-2-3-11/h4-7,11,13-15H,2-3,8-9H2,1H3. The number of anilines is 1. The molecule has 0 aliphatic heterocycles. The van der Waals surface area contributed by atoms with E-state index in [0.717, 1.165) is 12.8 Å². The first-order valence-corrected chi connectivity index (χ1v) is 9.73. The zero-order valence-corrected chi connectivity index (χ0v) is 13.3. The normalized spacial score (nSPS) is 15.9. The lowest BCUT2D eigenvalue weighted by Crippen LogP contribution is -2.26. The van der Waals surface area contributed by atoms with E-state index in [0.29, 0.717) is 5.69 Å². The monoisotopic (exact) mass is 333 g/mol. The summed E-state index contributed by atoms with van der Waals surface area (Å²) in [7, 11) is -5.33. The van der Waals surface area contributed by atoms with Crippen LogP contribution in [-0.2, 0) is 20.0 Å². The summed E-state index contributed by atoms with van der Waals surface area (Å²) in [6.45, 7) is 0.246. The molecule has 118 valence electrons. The lowest BCUT2D eigenvalue weighted by atomic mass is 10.3. The summed E-state index contributed by atoms with van der Waals surface area (Å²) >= 11 is 0. The van der Waals surface area contributed by atoms with Crippen LogP contribution >= 0.6 is 0 Å². The summed E-state index contributed by atoms with van der Waals surface area (Å²) < 4.78 is 51.2. The summed E-state index contributed by atoms with van der Waals surface area (Å²) in [4.78, 5) is 0.211. The Hall–Kier alpha value is -1.16. The van der Waals surface area contributed by atoms with Gasteiger partial charge in [-0.3, -0.25) is 0 Å². The Morgan fingerprint density at radius 1 is 1.10 bits per heavy atom. The van der Waals surface area contributed by atoms with Gasteiger partial charge < -0.3 is 5.32 Å². The summed E-state index contributed by atoms with van der Waals surface area (Å²) in [5, 5.41) is 2.93. The van der Waals surface area contributed by atoms with Gasteiger partial charge in [-0.25, -0.2) is 26.3 Å². The number of hydrogen-bond donors (Lipinski definition) is 3. The van der Waals surface area contributed by atoms with Gasteiger partial charge in [-0.05, 0) is 44.2 Å². The van der Waals surface area contributed by atoms with Crippen LogP contribution in [0.1, 0.15) is 12.8 Å². The molecule has 21 heavy (non-hydrogen) atoms. The van der Waals surface area contributed by atoms with E-state index < -0.39 is 20.0 Å². The first-order valence-electron chi connectivity index (χ1n) is 6.60. The van der Waals surface area contributed by atoms with Crippen molar-refractivity contribution in [3.63, 3.8) is 0 Å². The molecule has 1 aliphatic rings. The number of sulfonamides is 2. The zero-order valence-electron chi connectivity index (χ0n) is 11.7. The van der Waals surface area contributed by atoms with Crippen LogP contribution in [0.4, 0.5) is 5.69 Å². The van der Waals surface area contributed by atoms with Gasteiger partial charge in [-0.2, -0.15) is 0 Å². The van der Waals surface area contributed by atoms with Crippen molar-refractivity contribution in [1.29, 1.82) is 0 Å². The van der Waals surface area contributed by atoms with Crippen molar-refractivity contribution in [1.82, 2.24) is 9.44 Å². The van der Waals surface area contributed by atoms with Crippen molar-refractivity contribution in [3.05, 3.63) is 24.3 Å². The molecular weight excluding hydrogens is 314 g/mol. The second-order valence-electron chi connectivity index (χ2n) is 4.87. The molecule has 1 fully saturated rings. The highest BCUT2D eigenvalue weighted by Crippen LogP contribution is 2.22. The highest BCUT2D eigenvalue weighted by atomic mass is 32.2. The summed E-state index contributed by atoms with van der Waals surface area (Å²) in [6.07, 6.45) is 1.78. The van der Waals surface area contributed by atoms with Gasteiger partial charge >= 0.3 is 0 Å². The predicted octanol–water partition coefficient (Wildman–Crippen LogP) is 0.0884. The van der Waals surface area contributed by atoms with E-state index in [1.807, 2.05) is 0 Å². The van der Waals surface area contributed by atoms with Crippen molar-refractivity contribution in [2.75, 3.05) is 24.7 Å². The molecule has 0 amide bonds. The second kappa shape index (κ2) is 6.30. The molecule has 0 saturated heterocycles. The van der Waals surface area contributed by atoms with E-state index in [-0.39, 0.29) is 23.2 Å². The van der Waals surface area contributed by atoms with E-state index >= 15 is 0 Å². The number of hydrogen-bond acceptors (Lipinski definition) is 5. The first kappa shape index (κ1) is 16.2. The topological polar surface area (TPSA) is 104 Å². The summed E-state index contributed by atoms with van der Waals surface area (Å²) in [6, 6.07) is 6.31. The quantitative estimate of drug-likeness (QED) is 0.625. The van der Waals surface area contributed by atoms with Crippen LogP contribution in [0.25, 0.3) is 0 Å². The molecule has 0 aromatic heterocycles. The van der Waals surface area contributed by atoms with Gasteiger partial charge in [-0.15, -0.1) is 0 Å². The fourth-order valence-corrected chi connectivity index (χ4v) is 3.55. The summed E-state index contributed by atoms with van der Waals surface area (Å²) in [5.74, 6) is -0.0488. The van der Waals surface area contributed by atoms with E-state index in [1.165, 1.54) is 19.2 Å². The van der Waals surface area contributed by atoms with Crippen LogP contribution < -0.4 is 14.8 Å². The molecule has 9 heteroatoms. The highest BCUT2D eigenvalue weighted by molar-refractivity contribution is 7.89. The van der Waals surface area contributed by atoms with Gasteiger partial charge in [-0.1, -0.05) is 0 Å². The first-order chi connectivity index (χ1) is 9.82. The van der Waals surface area contributed by atoms with Crippen molar-refractivity contribution in [2.24, 2.45) is 0 Å². The Morgan fingerprint density at radius 2 is 1.71 bits per heavy atom. The van der Waals surface area contributed by atoms with Gasteiger partial charge in [0, 0.05) is 18.3 Å². The third kappa shape index (κ3) is 4.95. The largest absolute Gasteiger partial charge is 0.384 e. The van der Waals surface area contributed by atoms with E-state index in [4.69, 9.17) is 0 Å². The molecule has 0 spiro atoms. The van der Waals surface area contributed by atoms with Crippen LogP contribution in [0.3, 0.4) is 0 Å². The zero-order chi connectivity index (χ0) is 15.5. The molecule has 0 bridgehead atoms. The van der Waals surface area contributed by atoms with Crippen molar-refractivity contribution in [2.45, 2.75) is 23.8 Å². The average molecular weight is 333 g/mol. The second-order valence-corrected chi connectivity index (χ2v) is 8.63. The van der Waals surface area contributed by atoms with Crippen molar-refractivity contribution < 1.29 is 16.8 Å². The Bertz CT molecular complexity index is 680. The number of nitrogens with one attached hydrogen (secondary N) is 3. The molecule has 1 aromatic rings. The SMILES string of the molecule is CNS(=O)(=O)CCNc1ccc(S(=O)(=O)NC2CC2)cc1. The molecule has 1 aromatic carbocycles. The lowest BCUT2D eigenvalue weighted by Gasteiger charge is -2.09.